The fraction of sp³-hybridized carbons (Fsp3) is 0.812. The first-order valence-corrected chi connectivity index (χ1v) is 8.19. The lowest BCUT2D eigenvalue weighted by atomic mass is 9.68. The molecule has 0 bridgehead atoms. The number of aliphatic hydroxyl groups is 1. The first-order chi connectivity index (χ1) is 9.39. The fourth-order valence-corrected chi connectivity index (χ4v) is 4.09. The number of nitrogens with zero attached hydrogens (tertiary/aromatic N) is 2. The van der Waals surface area contributed by atoms with E-state index >= 15 is 0 Å². The number of rotatable bonds is 4. The van der Waals surface area contributed by atoms with Crippen LogP contribution in [-0.4, -0.2) is 20.5 Å². The summed E-state index contributed by atoms with van der Waals surface area (Å²) in [6, 6.07) is 0. The van der Waals surface area contributed by atoms with Gasteiger partial charge in [0.25, 0.3) is 0 Å². The normalized spacial score (nSPS) is 27.2. The third-order valence-electron chi connectivity index (χ3n) is 4.85. The van der Waals surface area contributed by atoms with E-state index in [2.05, 4.69) is 25.9 Å². The van der Waals surface area contributed by atoms with Crippen molar-refractivity contribution in [2.45, 2.75) is 64.9 Å². The molecular formula is C16H27ClN2O. The van der Waals surface area contributed by atoms with Crippen LogP contribution in [0.1, 0.15) is 57.8 Å². The molecule has 1 N–H and O–H groups in total. The molecule has 0 aromatic carbocycles. The number of hydrogen-bond acceptors (Lipinski definition) is 2. The van der Waals surface area contributed by atoms with E-state index in [0.717, 1.165) is 42.1 Å². The van der Waals surface area contributed by atoms with E-state index in [1.165, 1.54) is 6.42 Å². The number of aromatic nitrogens is 2. The molecule has 4 heteroatoms. The second-order valence-corrected chi connectivity index (χ2v) is 6.94. The van der Waals surface area contributed by atoms with Crippen LogP contribution in [0.5, 0.6) is 0 Å². The second kappa shape index (κ2) is 6.07. The van der Waals surface area contributed by atoms with E-state index < -0.39 is 5.60 Å². The molecule has 2 atom stereocenters. The van der Waals surface area contributed by atoms with E-state index in [1.54, 1.807) is 0 Å². The summed E-state index contributed by atoms with van der Waals surface area (Å²) in [6.07, 6.45) is 5.78. The van der Waals surface area contributed by atoms with Crippen molar-refractivity contribution in [2.75, 3.05) is 0 Å². The molecule has 20 heavy (non-hydrogen) atoms. The Kier molecular flexibility index (Phi) is 4.80. The molecule has 1 aliphatic rings. The fourth-order valence-electron chi connectivity index (χ4n) is 3.72. The minimum Gasteiger partial charge on any atom is -0.389 e. The smallest absolute Gasteiger partial charge is 0.0850 e. The summed E-state index contributed by atoms with van der Waals surface area (Å²) in [5, 5.41) is 16.4. The van der Waals surface area contributed by atoms with Crippen LogP contribution in [0.3, 0.4) is 0 Å². The maximum absolute atomic E-state index is 11.2. The highest BCUT2D eigenvalue weighted by molar-refractivity contribution is 6.31. The summed E-state index contributed by atoms with van der Waals surface area (Å²) in [7, 11) is 1.93. The zero-order valence-electron chi connectivity index (χ0n) is 13.1. The highest BCUT2D eigenvalue weighted by atomic mass is 35.5. The maximum atomic E-state index is 11.2. The summed E-state index contributed by atoms with van der Waals surface area (Å²) < 4.78 is 1.85. The van der Waals surface area contributed by atoms with Crippen molar-refractivity contribution in [1.82, 2.24) is 9.78 Å². The standard InChI is InChI=1S/C16H27ClN2O/c1-5-13-15(17)14(19(4)18-13)10-16(20)9-7-6-8-12(16)11(2)3/h11-12,20H,5-10H2,1-4H3. The maximum Gasteiger partial charge on any atom is 0.0850 e. The Balaban J connectivity index is 2.29. The van der Waals surface area contributed by atoms with Gasteiger partial charge in [-0.25, -0.2) is 0 Å². The predicted octanol–water partition coefficient (Wildman–Crippen LogP) is 3.76. The molecule has 0 radical (unpaired) electrons. The number of halogens is 1. The van der Waals surface area contributed by atoms with Crippen LogP contribution in [0, 0.1) is 11.8 Å². The van der Waals surface area contributed by atoms with Gasteiger partial charge in [0.2, 0.25) is 0 Å². The predicted molar refractivity (Wildman–Crippen MR) is 83.0 cm³/mol. The second-order valence-electron chi connectivity index (χ2n) is 6.56. The molecule has 1 fully saturated rings. The molecule has 0 spiro atoms. The van der Waals surface area contributed by atoms with E-state index in [4.69, 9.17) is 11.6 Å². The van der Waals surface area contributed by atoms with Crippen molar-refractivity contribution in [2.24, 2.45) is 18.9 Å². The van der Waals surface area contributed by atoms with E-state index in [0.29, 0.717) is 18.3 Å². The Morgan fingerprint density at radius 2 is 2.15 bits per heavy atom. The van der Waals surface area contributed by atoms with Gasteiger partial charge in [-0.2, -0.15) is 5.10 Å². The van der Waals surface area contributed by atoms with Gasteiger partial charge in [-0.15, -0.1) is 0 Å². The molecule has 0 aliphatic heterocycles. The van der Waals surface area contributed by atoms with Gasteiger partial charge in [-0.05, 0) is 31.1 Å². The van der Waals surface area contributed by atoms with Gasteiger partial charge >= 0.3 is 0 Å². The van der Waals surface area contributed by atoms with E-state index in [9.17, 15) is 5.11 Å². The largest absolute Gasteiger partial charge is 0.389 e. The van der Waals surface area contributed by atoms with E-state index in [-0.39, 0.29) is 0 Å². The lowest BCUT2D eigenvalue weighted by molar-refractivity contribution is -0.0664. The minimum absolute atomic E-state index is 0.354. The van der Waals surface area contributed by atoms with Gasteiger partial charge in [-0.1, -0.05) is 45.2 Å². The van der Waals surface area contributed by atoms with Gasteiger partial charge in [0.05, 0.1) is 22.0 Å². The number of hydrogen-bond donors (Lipinski definition) is 1. The van der Waals surface area contributed by atoms with Crippen molar-refractivity contribution in [3.63, 3.8) is 0 Å². The third-order valence-corrected chi connectivity index (χ3v) is 5.28. The Bertz CT molecular complexity index is 469. The van der Waals surface area contributed by atoms with Crippen molar-refractivity contribution in [3.8, 4) is 0 Å². The summed E-state index contributed by atoms with van der Waals surface area (Å²) in [4.78, 5) is 0. The molecule has 1 aliphatic carbocycles. The van der Waals surface area contributed by atoms with Crippen LogP contribution < -0.4 is 0 Å². The van der Waals surface area contributed by atoms with Crippen LogP contribution in [-0.2, 0) is 19.9 Å². The van der Waals surface area contributed by atoms with E-state index in [1.807, 2.05) is 11.7 Å². The summed E-state index contributed by atoms with van der Waals surface area (Å²) >= 11 is 6.44. The van der Waals surface area contributed by atoms with Crippen molar-refractivity contribution < 1.29 is 5.11 Å². The summed E-state index contributed by atoms with van der Waals surface area (Å²) in [5.41, 5.74) is 1.29. The molecule has 1 saturated carbocycles. The number of aryl methyl sites for hydroxylation is 2. The first-order valence-electron chi connectivity index (χ1n) is 7.81. The zero-order chi connectivity index (χ0) is 14.9. The quantitative estimate of drug-likeness (QED) is 0.919. The highest BCUT2D eigenvalue weighted by Gasteiger charge is 2.41. The monoisotopic (exact) mass is 298 g/mol. The molecule has 2 rings (SSSR count). The summed E-state index contributed by atoms with van der Waals surface area (Å²) in [6.45, 7) is 6.48. The third kappa shape index (κ3) is 2.89. The lowest BCUT2D eigenvalue weighted by Gasteiger charge is -2.42. The summed E-state index contributed by atoms with van der Waals surface area (Å²) in [5.74, 6) is 0.852. The van der Waals surface area contributed by atoms with Crippen molar-refractivity contribution in [1.29, 1.82) is 0 Å². The van der Waals surface area contributed by atoms with Gasteiger partial charge in [0.15, 0.2) is 0 Å². The Morgan fingerprint density at radius 3 is 2.70 bits per heavy atom. The van der Waals surface area contributed by atoms with Gasteiger partial charge in [0.1, 0.15) is 0 Å². The Labute approximate surface area is 127 Å². The Morgan fingerprint density at radius 1 is 1.45 bits per heavy atom. The Hall–Kier alpha value is -0.540. The molecule has 1 aromatic heterocycles. The van der Waals surface area contributed by atoms with Crippen LogP contribution >= 0.6 is 11.6 Å². The molecule has 114 valence electrons. The molecule has 1 heterocycles. The van der Waals surface area contributed by atoms with Gasteiger partial charge in [0, 0.05) is 13.5 Å². The average Bonchev–Trinajstić information content (AvgIpc) is 2.66. The lowest BCUT2D eigenvalue weighted by Crippen LogP contribution is -2.45. The topological polar surface area (TPSA) is 38.0 Å². The van der Waals surface area contributed by atoms with Gasteiger partial charge in [-0.3, -0.25) is 4.68 Å². The average molecular weight is 299 g/mol. The zero-order valence-corrected chi connectivity index (χ0v) is 13.9. The molecular weight excluding hydrogens is 272 g/mol. The van der Waals surface area contributed by atoms with Crippen molar-refractivity contribution in [3.05, 3.63) is 16.4 Å². The highest BCUT2D eigenvalue weighted by Crippen LogP contribution is 2.41. The van der Waals surface area contributed by atoms with Crippen molar-refractivity contribution >= 4 is 11.6 Å². The molecule has 1 aromatic rings. The minimum atomic E-state index is -0.630. The van der Waals surface area contributed by atoms with Crippen LogP contribution in [0.25, 0.3) is 0 Å². The van der Waals surface area contributed by atoms with Crippen LogP contribution in [0.4, 0.5) is 0 Å². The first kappa shape index (κ1) is 15.8. The van der Waals surface area contributed by atoms with Crippen LogP contribution in [0.15, 0.2) is 0 Å². The van der Waals surface area contributed by atoms with Crippen LogP contribution in [0.2, 0.25) is 5.02 Å². The SMILES string of the molecule is CCc1nn(C)c(CC2(O)CCCCC2C(C)C)c1Cl. The molecule has 0 saturated heterocycles. The van der Waals surface area contributed by atoms with Gasteiger partial charge < -0.3 is 5.11 Å². The molecule has 3 nitrogen and oxygen atoms in total. The molecule has 0 amide bonds. The molecule has 2 unspecified atom stereocenters.